The number of rotatable bonds is 4. The normalized spacial score (nSPS) is 25.1. The van der Waals surface area contributed by atoms with Crippen LogP contribution in [0.3, 0.4) is 0 Å². The number of hydrogen-bond donors (Lipinski definition) is 1. The van der Waals surface area contributed by atoms with Crippen LogP contribution in [0.25, 0.3) is 0 Å². The quantitative estimate of drug-likeness (QED) is 0.891. The number of benzene rings is 1. The first kappa shape index (κ1) is 13.4. The molecule has 1 aromatic carbocycles. The van der Waals surface area contributed by atoms with Gasteiger partial charge in [0.2, 0.25) is 0 Å². The molecule has 18 heavy (non-hydrogen) atoms. The predicted molar refractivity (Wildman–Crippen MR) is 71.0 cm³/mol. The minimum Gasteiger partial charge on any atom is -0.496 e. The summed E-state index contributed by atoms with van der Waals surface area (Å²) in [5, 5.41) is 10.3. The minimum absolute atomic E-state index is 0.241. The van der Waals surface area contributed by atoms with Crippen LogP contribution in [-0.4, -0.2) is 31.0 Å². The first-order valence-electron chi connectivity index (χ1n) is 6.53. The molecule has 2 rings (SSSR count). The second kappa shape index (κ2) is 5.72. The highest BCUT2D eigenvalue weighted by atomic mass is 16.5. The maximum absolute atomic E-state index is 10.3. The molecule has 0 spiro atoms. The summed E-state index contributed by atoms with van der Waals surface area (Å²) in [7, 11) is 1.67. The lowest BCUT2D eigenvalue weighted by molar-refractivity contribution is 0.0803. The molecule has 1 fully saturated rings. The molecule has 0 bridgehead atoms. The summed E-state index contributed by atoms with van der Waals surface area (Å²) in [5.41, 5.74) is 2.26. The first-order chi connectivity index (χ1) is 8.60. The molecule has 1 aliphatic heterocycles. The lowest BCUT2D eigenvalue weighted by Crippen LogP contribution is -2.23. The fourth-order valence-electron chi connectivity index (χ4n) is 2.58. The lowest BCUT2D eigenvalue weighted by Gasteiger charge is -2.18. The average Bonchev–Trinajstić information content (AvgIpc) is 2.76. The van der Waals surface area contributed by atoms with E-state index < -0.39 is 0 Å². The van der Waals surface area contributed by atoms with Crippen LogP contribution < -0.4 is 4.74 Å². The Labute approximate surface area is 109 Å². The largest absolute Gasteiger partial charge is 0.496 e. The second-order valence-corrected chi connectivity index (χ2v) is 5.23. The van der Waals surface area contributed by atoms with E-state index in [0.717, 1.165) is 17.7 Å². The third-order valence-corrected chi connectivity index (χ3v) is 3.64. The van der Waals surface area contributed by atoms with Gasteiger partial charge in [-0.1, -0.05) is 17.7 Å². The summed E-state index contributed by atoms with van der Waals surface area (Å²) in [6.07, 6.45) is 1.48. The number of aliphatic hydroxyl groups is 1. The Kier molecular flexibility index (Phi) is 4.25. The summed E-state index contributed by atoms with van der Waals surface area (Å²) in [6.45, 7) is 4.77. The molecule has 0 amide bonds. The zero-order valence-corrected chi connectivity index (χ0v) is 11.3. The van der Waals surface area contributed by atoms with Crippen molar-refractivity contribution < 1.29 is 14.6 Å². The van der Waals surface area contributed by atoms with E-state index in [0.29, 0.717) is 13.0 Å². The van der Waals surface area contributed by atoms with E-state index in [9.17, 15) is 5.11 Å². The molecule has 1 N–H and O–H groups in total. The third-order valence-electron chi connectivity index (χ3n) is 3.64. The van der Waals surface area contributed by atoms with E-state index in [2.05, 4.69) is 19.9 Å². The second-order valence-electron chi connectivity index (χ2n) is 5.23. The molecule has 0 aromatic heterocycles. The molecular formula is C15H22O3. The Morgan fingerprint density at radius 3 is 2.89 bits per heavy atom. The highest BCUT2D eigenvalue weighted by Gasteiger charge is 2.28. The van der Waals surface area contributed by atoms with Gasteiger partial charge < -0.3 is 14.6 Å². The monoisotopic (exact) mass is 250 g/mol. The number of aryl methyl sites for hydroxylation is 1. The molecule has 1 aliphatic rings. The standard InChI is InChI=1S/C15H22O3/c1-10-4-5-15(17-3)12(6-10)8-14(16)13-7-11(2)18-9-13/h4-6,11,13-14,16H,7-9H2,1-3H3. The van der Waals surface area contributed by atoms with Gasteiger partial charge in [0.1, 0.15) is 5.75 Å². The van der Waals surface area contributed by atoms with Crippen molar-refractivity contribution >= 4 is 0 Å². The van der Waals surface area contributed by atoms with Gasteiger partial charge in [0.25, 0.3) is 0 Å². The van der Waals surface area contributed by atoms with E-state index in [-0.39, 0.29) is 18.1 Å². The SMILES string of the molecule is COc1ccc(C)cc1CC(O)C1COC(C)C1. The summed E-state index contributed by atoms with van der Waals surface area (Å²) in [6, 6.07) is 6.07. The van der Waals surface area contributed by atoms with Crippen molar-refractivity contribution in [3.8, 4) is 5.75 Å². The summed E-state index contributed by atoms with van der Waals surface area (Å²) >= 11 is 0. The third kappa shape index (κ3) is 3.03. The van der Waals surface area contributed by atoms with Crippen molar-refractivity contribution in [2.24, 2.45) is 5.92 Å². The maximum Gasteiger partial charge on any atom is 0.122 e. The Hall–Kier alpha value is -1.06. The summed E-state index contributed by atoms with van der Waals surface area (Å²) in [5.74, 6) is 1.09. The molecular weight excluding hydrogens is 228 g/mol. The molecule has 3 heteroatoms. The van der Waals surface area contributed by atoms with Crippen LogP contribution in [0.5, 0.6) is 5.75 Å². The Bertz CT molecular complexity index is 403. The van der Waals surface area contributed by atoms with E-state index in [1.807, 2.05) is 12.1 Å². The Morgan fingerprint density at radius 2 is 2.28 bits per heavy atom. The van der Waals surface area contributed by atoms with Crippen LogP contribution in [0, 0.1) is 12.8 Å². The molecule has 0 radical (unpaired) electrons. The van der Waals surface area contributed by atoms with Crippen LogP contribution in [0.1, 0.15) is 24.5 Å². The molecule has 3 unspecified atom stereocenters. The van der Waals surface area contributed by atoms with Crippen molar-refractivity contribution in [1.82, 2.24) is 0 Å². The minimum atomic E-state index is -0.356. The van der Waals surface area contributed by atoms with E-state index in [1.165, 1.54) is 5.56 Å². The van der Waals surface area contributed by atoms with Gasteiger partial charge in [-0.15, -0.1) is 0 Å². The average molecular weight is 250 g/mol. The fourth-order valence-corrected chi connectivity index (χ4v) is 2.58. The zero-order chi connectivity index (χ0) is 13.1. The van der Waals surface area contributed by atoms with Crippen LogP contribution in [0.2, 0.25) is 0 Å². The van der Waals surface area contributed by atoms with Crippen molar-refractivity contribution in [1.29, 1.82) is 0 Å². The van der Waals surface area contributed by atoms with Crippen molar-refractivity contribution in [2.45, 2.75) is 38.9 Å². The van der Waals surface area contributed by atoms with Crippen molar-refractivity contribution in [3.63, 3.8) is 0 Å². The molecule has 0 aliphatic carbocycles. The van der Waals surface area contributed by atoms with Gasteiger partial charge in [0, 0.05) is 12.3 Å². The molecule has 0 saturated carbocycles. The van der Waals surface area contributed by atoms with Gasteiger partial charge in [-0.05, 0) is 31.9 Å². The first-order valence-corrected chi connectivity index (χ1v) is 6.53. The van der Waals surface area contributed by atoms with Gasteiger partial charge >= 0.3 is 0 Å². The van der Waals surface area contributed by atoms with E-state index in [4.69, 9.17) is 9.47 Å². The lowest BCUT2D eigenvalue weighted by atomic mass is 9.93. The van der Waals surface area contributed by atoms with Gasteiger partial charge in [-0.2, -0.15) is 0 Å². The van der Waals surface area contributed by atoms with Crippen LogP contribution in [0.4, 0.5) is 0 Å². The molecule has 1 aromatic rings. The summed E-state index contributed by atoms with van der Waals surface area (Å²) < 4.78 is 10.9. The molecule has 3 atom stereocenters. The predicted octanol–water partition coefficient (Wildman–Crippen LogP) is 2.33. The van der Waals surface area contributed by atoms with Crippen LogP contribution >= 0.6 is 0 Å². The van der Waals surface area contributed by atoms with E-state index in [1.54, 1.807) is 7.11 Å². The Morgan fingerprint density at radius 1 is 1.50 bits per heavy atom. The zero-order valence-electron chi connectivity index (χ0n) is 11.3. The van der Waals surface area contributed by atoms with Crippen molar-refractivity contribution in [2.75, 3.05) is 13.7 Å². The van der Waals surface area contributed by atoms with Crippen LogP contribution in [0.15, 0.2) is 18.2 Å². The Balaban J connectivity index is 2.06. The van der Waals surface area contributed by atoms with Gasteiger partial charge in [-0.3, -0.25) is 0 Å². The molecule has 3 nitrogen and oxygen atoms in total. The molecule has 1 saturated heterocycles. The fraction of sp³-hybridized carbons (Fsp3) is 0.600. The van der Waals surface area contributed by atoms with E-state index >= 15 is 0 Å². The number of hydrogen-bond acceptors (Lipinski definition) is 3. The van der Waals surface area contributed by atoms with Gasteiger partial charge in [0.15, 0.2) is 0 Å². The summed E-state index contributed by atoms with van der Waals surface area (Å²) in [4.78, 5) is 0. The van der Waals surface area contributed by atoms with Gasteiger partial charge in [-0.25, -0.2) is 0 Å². The molecule has 100 valence electrons. The highest BCUT2D eigenvalue weighted by molar-refractivity contribution is 5.37. The number of aliphatic hydroxyl groups excluding tert-OH is 1. The van der Waals surface area contributed by atoms with Crippen LogP contribution in [-0.2, 0) is 11.2 Å². The maximum atomic E-state index is 10.3. The smallest absolute Gasteiger partial charge is 0.122 e. The topological polar surface area (TPSA) is 38.7 Å². The highest BCUT2D eigenvalue weighted by Crippen LogP contribution is 2.27. The number of methoxy groups -OCH3 is 1. The van der Waals surface area contributed by atoms with Gasteiger partial charge in [0.05, 0.1) is 25.9 Å². The van der Waals surface area contributed by atoms with Crippen molar-refractivity contribution in [3.05, 3.63) is 29.3 Å². The number of ether oxygens (including phenoxy) is 2. The molecule has 1 heterocycles.